The van der Waals surface area contributed by atoms with Gasteiger partial charge in [0.1, 0.15) is 0 Å². The molecule has 13 heavy (non-hydrogen) atoms. The summed E-state index contributed by atoms with van der Waals surface area (Å²) in [5.74, 6) is -0.430. The molecule has 0 aromatic carbocycles. The monoisotopic (exact) mass is 189 g/mol. The zero-order valence-electron chi connectivity index (χ0n) is 7.35. The van der Waals surface area contributed by atoms with Gasteiger partial charge in [-0.2, -0.15) is 8.78 Å². The van der Waals surface area contributed by atoms with Crippen molar-refractivity contribution in [2.45, 2.75) is 44.1 Å². The number of carbonyl (C=O) groups is 1. The van der Waals surface area contributed by atoms with E-state index in [0.29, 0.717) is 5.92 Å². The standard InChI is InChI=1S/C9H13F2NO/c10-7(11)8(13)12-9-3-1-6(5-9)2-4-9/h6-7H,1-5H2,(H,12,13). The third-order valence-electron chi connectivity index (χ3n) is 3.33. The topological polar surface area (TPSA) is 29.1 Å². The Bertz CT molecular complexity index is 222. The summed E-state index contributed by atoms with van der Waals surface area (Å²) < 4.78 is 24.0. The van der Waals surface area contributed by atoms with E-state index in [1.165, 1.54) is 0 Å². The molecule has 0 spiro atoms. The van der Waals surface area contributed by atoms with E-state index in [1.807, 2.05) is 0 Å². The molecule has 0 aliphatic heterocycles. The maximum Gasteiger partial charge on any atom is 0.315 e. The van der Waals surface area contributed by atoms with Crippen molar-refractivity contribution in [3.8, 4) is 0 Å². The van der Waals surface area contributed by atoms with Gasteiger partial charge in [-0.1, -0.05) is 0 Å². The maximum atomic E-state index is 12.0. The highest BCUT2D eigenvalue weighted by molar-refractivity contribution is 5.80. The van der Waals surface area contributed by atoms with E-state index in [2.05, 4.69) is 5.32 Å². The van der Waals surface area contributed by atoms with Crippen LogP contribution < -0.4 is 5.32 Å². The van der Waals surface area contributed by atoms with Crippen LogP contribution in [-0.4, -0.2) is 17.9 Å². The Kier molecular flexibility index (Phi) is 2.00. The van der Waals surface area contributed by atoms with Gasteiger partial charge in [-0.05, 0) is 38.0 Å². The van der Waals surface area contributed by atoms with Crippen molar-refractivity contribution in [1.82, 2.24) is 5.32 Å². The summed E-state index contributed by atoms with van der Waals surface area (Å²) >= 11 is 0. The van der Waals surface area contributed by atoms with Crippen molar-refractivity contribution in [3.05, 3.63) is 0 Å². The number of fused-ring (bicyclic) bond motifs is 2. The molecular weight excluding hydrogens is 176 g/mol. The van der Waals surface area contributed by atoms with Gasteiger partial charge in [0.25, 0.3) is 5.91 Å². The van der Waals surface area contributed by atoms with E-state index in [0.717, 1.165) is 32.1 Å². The predicted octanol–water partition coefficient (Wildman–Crippen LogP) is 1.70. The van der Waals surface area contributed by atoms with Crippen LogP contribution in [0.15, 0.2) is 0 Å². The number of amides is 1. The first-order valence-electron chi connectivity index (χ1n) is 4.71. The highest BCUT2D eigenvalue weighted by atomic mass is 19.3. The summed E-state index contributed by atoms with van der Waals surface area (Å²) in [6.07, 6.45) is 1.99. The first-order valence-corrected chi connectivity index (χ1v) is 4.71. The molecule has 0 radical (unpaired) electrons. The Morgan fingerprint density at radius 1 is 1.38 bits per heavy atom. The average Bonchev–Trinajstić information content (AvgIpc) is 2.62. The summed E-state index contributed by atoms with van der Waals surface area (Å²) in [7, 11) is 0. The van der Waals surface area contributed by atoms with Crippen LogP contribution >= 0.6 is 0 Å². The Hall–Kier alpha value is -0.670. The lowest BCUT2D eigenvalue weighted by molar-refractivity contribution is -0.133. The number of hydrogen-bond acceptors (Lipinski definition) is 1. The van der Waals surface area contributed by atoms with Gasteiger partial charge >= 0.3 is 6.43 Å². The van der Waals surface area contributed by atoms with E-state index in [4.69, 9.17) is 0 Å². The molecule has 2 nitrogen and oxygen atoms in total. The zero-order chi connectivity index (χ0) is 9.47. The van der Waals surface area contributed by atoms with Crippen molar-refractivity contribution < 1.29 is 13.6 Å². The maximum absolute atomic E-state index is 12.0. The molecule has 1 N–H and O–H groups in total. The fourth-order valence-electron chi connectivity index (χ4n) is 2.68. The second-order valence-electron chi connectivity index (χ2n) is 4.22. The van der Waals surface area contributed by atoms with Crippen molar-refractivity contribution in [1.29, 1.82) is 0 Å². The van der Waals surface area contributed by atoms with Crippen LogP contribution in [0.2, 0.25) is 0 Å². The molecule has 2 bridgehead atoms. The van der Waals surface area contributed by atoms with Crippen molar-refractivity contribution >= 4 is 5.91 Å². The van der Waals surface area contributed by atoms with E-state index in [9.17, 15) is 13.6 Å². The summed E-state index contributed by atoms with van der Waals surface area (Å²) in [4.78, 5) is 10.8. The first kappa shape index (κ1) is 8.91. The molecule has 2 rings (SSSR count). The van der Waals surface area contributed by atoms with Crippen molar-refractivity contribution in [2.75, 3.05) is 0 Å². The van der Waals surface area contributed by atoms with Crippen LogP contribution in [0.25, 0.3) is 0 Å². The summed E-state index contributed by atoms with van der Waals surface area (Å²) in [6, 6.07) is 0. The lowest BCUT2D eigenvalue weighted by atomic mass is 9.94. The molecule has 0 saturated heterocycles. The van der Waals surface area contributed by atoms with Crippen LogP contribution in [0.5, 0.6) is 0 Å². The fraction of sp³-hybridized carbons (Fsp3) is 0.889. The van der Waals surface area contributed by atoms with Crippen molar-refractivity contribution in [2.24, 2.45) is 5.92 Å². The van der Waals surface area contributed by atoms with Crippen LogP contribution in [-0.2, 0) is 4.79 Å². The SMILES string of the molecule is O=C(NC12CCC(CC1)C2)C(F)F. The van der Waals surface area contributed by atoms with E-state index in [1.54, 1.807) is 0 Å². The minimum absolute atomic E-state index is 0.266. The Morgan fingerprint density at radius 3 is 2.38 bits per heavy atom. The van der Waals surface area contributed by atoms with Crippen molar-refractivity contribution in [3.63, 3.8) is 0 Å². The molecule has 0 unspecified atom stereocenters. The predicted molar refractivity (Wildman–Crippen MR) is 43.5 cm³/mol. The van der Waals surface area contributed by atoms with Gasteiger partial charge in [-0.3, -0.25) is 4.79 Å². The summed E-state index contributed by atoms with van der Waals surface area (Å²) in [5, 5.41) is 2.49. The van der Waals surface area contributed by atoms with Crippen LogP contribution in [0, 0.1) is 5.92 Å². The third kappa shape index (κ3) is 1.54. The summed E-state index contributed by atoms with van der Waals surface area (Å²) in [6.45, 7) is 0. The molecule has 2 saturated carbocycles. The van der Waals surface area contributed by atoms with Gasteiger partial charge in [0.15, 0.2) is 0 Å². The molecule has 2 aliphatic rings. The summed E-state index contributed by atoms with van der Waals surface area (Å²) in [5.41, 5.74) is -0.266. The minimum Gasteiger partial charge on any atom is -0.346 e. The Balaban J connectivity index is 1.97. The minimum atomic E-state index is -2.87. The molecule has 74 valence electrons. The fourth-order valence-corrected chi connectivity index (χ4v) is 2.68. The second kappa shape index (κ2) is 2.93. The highest BCUT2D eigenvalue weighted by Gasteiger charge is 2.46. The lowest BCUT2D eigenvalue weighted by Gasteiger charge is -2.27. The van der Waals surface area contributed by atoms with Crippen LogP contribution in [0.3, 0.4) is 0 Å². The van der Waals surface area contributed by atoms with Crippen LogP contribution in [0.1, 0.15) is 32.1 Å². The van der Waals surface area contributed by atoms with Crippen LogP contribution in [0.4, 0.5) is 8.78 Å². The Morgan fingerprint density at radius 2 is 2.00 bits per heavy atom. The number of alkyl halides is 2. The van der Waals surface area contributed by atoms with Gasteiger partial charge in [0.2, 0.25) is 0 Å². The van der Waals surface area contributed by atoms with Gasteiger partial charge in [-0.15, -0.1) is 0 Å². The van der Waals surface area contributed by atoms with Gasteiger partial charge < -0.3 is 5.32 Å². The number of rotatable bonds is 2. The average molecular weight is 189 g/mol. The second-order valence-corrected chi connectivity index (χ2v) is 4.22. The normalized spacial score (nSPS) is 37.0. The van der Waals surface area contributed by atoms with Gasteiger partial charge in [0, 0.05) is 5.54 Å². The number of halogens is 2. The highest BCUT2D eigenvalue weighted by Crippen LogP contribution is 2.47. The van der Waals surface area contributed by atoms with Gasteiger partial charge in [-0.25, -0.2) is 0 Å². The molecule has 0 atom stereocenters. The third-order valence-corrected chi connectivity index (χ3v) is 3.33. The lowest BCUT2D eigenvalue weighted by Crippen LogP contribution is -2.47. The van der Waals surface area contributed by atoms with E-state index >= 15 is 0 Å². The largest absolute Gasteiger partial charge is 0.346 e. The first-order chi connectivity index (χ1) is 6.11. The number of carbonyl (C=O) groups excluding carboxylic acids is 1. The number of nitrogens with one attached hydrogen (secondary N) is 1. The molecular formula is C9H13F2NO. The molecule has 1 amide bonds. The van der Waals surface area contributed by atoms with E-state index in [-0.39, 0.29) is 5.54 Å². The molecule has 0 aromatic rings. The van der Waals surface area contributed by atoms with Gasteiger partial charge in [0.05, 0.1) is 0 Å². The van der Waals surface area contributed by atoms with E-state index < -0.39 is 12.3 Å². The smallest absolute Gasteiger partial charge is 0.315 e. The molecule has 0 aromatic heterocycles. The molecule has 4 heteroatoms. The molecule has 2 fully saturated rings. The quantitative estimate of drug-likeness (QED) is 0.703. The molecule has 2 aliphatic carbocycles. The Labute approximate surface area is 75.7 Å². The number of hydrogen-bond donors (Lipinski definition) is 1. The zero-order valence-corrected chi connectivity index (χ0v) is 7.35. The molecule has 0 heterocycles.